The monoisotopic (exact) mass is 467 g/mol. The molecule has 0 atom stereocenters. The third kappa shape index (κ3) is 3.56. The van der Waals surface area contributed by atoms with Gasteiger partial charge in [0, 0.05) is 29.8 Å². The Bertz CT molecular complexity index is 1340. The predicted octanol–water partition coefficient (Wildman–Crippen LogP) is 3.09. The highest BCUT2D eigenvalue weighted by Crippen LogP contribution is 2.40. The van der Waals surface area contributed by atoms with E-state index < -0.39 is 15.8 Å². The van der Waals surface area contributed by atoms with Crippen molar-refractivity contribution < 1.29 is 23.1 Å². The van der Waals surface area contributed by atoms with Crippen LogP contribution < -0.4 is 0 Å². The van der Waals surface area contributed by atoms with Gasteiger partial charge < -0.3 is 9.84 Å². The highest BCUT2D eigenvalue weighted by Gasteiger charge is 2.36. The Kier molecular flexibility index (Phi) is 5.15. The zero-order chi connectivity index (χ0) is 23.4. The van der Waals surface area contributed by atoms with Gasteiger partial charge in [-0.3, -0.25) is 4.90 Å². The molecular weight excluding hydrogens is 442 g/mol. The molecule has 5 rings (SSSR count). The van der Waals surface area contributed by atoms with E-state index in [-0.39, 0.29) is 27.4 Å². The molecule has 33 heavy (non-hydrogen) atoms. The topological polar surface area (TPSA) is 102 Å². The number of aromatic nitrogens is 2. The van der Waals surface area contributed by atoms with Gasteiger partial charge in [-0.2, -0.15) is 5.10 Å². The number of nitrogens with zero attached hydrogens (tertiary/aromatic N) is 3. The van der Waals surface area contributed by atoms with Gasteiger partial charge in [-0.15, -0.1) is 0 Å². The number of carbonyl (C=O) groups is 1. The number of morpholine rings is 1. The summed E-state index contributed by atoms with van der Waals surface area (Å²) in [6.45, 7) is 7.48. The molecule has 2 aliphatic rings. The lowest BCUT2D eigenvalue weighted by atomic mass is 9.91. The van der Waals surface area contributed by atoms with Gasteiger partial charge >= 0.3 is 5.97 Å². The summed E-state index contributed by atoms with van der Waals surface area (Å²) in [5.41, 5.74) is 2.57. The van der Waals surface area contributed by atoms with Gasteiger partial charge in [-0.05, 0) is 37.6 Å². The summed E-state index contributed by atoms with van der Waals surface area (Å²) in [5, 5.41) is 14.1. The highest BCUT2D eigenvalue weighted by atomic mass is 32.2. The maximum absolute atomic E-state index is 12.8. The van der Waals surface area contributed by atoms with E-state index in [1.54, 1.807) is 28.9 Å². The fourth-order valence-corrected chi connectivity index (χ4v) is 6.33. The molecule has 0 radical (unpaired) electrons. The van der Waals surface area contributed by atoms with E-state index in [1.807, 2.05) is 24.3 Å². The van der Waals surface area contributed by atoms with Gasteiger partial charge in [-0.25, -0.2) is 17.9 Å². The van der Waals surface area contributed by atoms with E-state index in [2.05, 4.69) is 23.8 Å². The Hall–Kier alpha value is -3.01. The predicted molar refractivity (Wildman–Crippen MR) is 122 cm³/mol. The van der Waals surface area contributed by atoms with E-state index in [1.165, 1.54) is 0 Å². The normalized spacial score (nSPS) is 17.9. The number of hydrogen-bond acceptors (Lipinski definition) is 6. The molecule has 0 aliphatic carbocycles. The molecule has 1 saturated heterocycles. The van der Waals surface area contributed by atoms with E-state index in [9.17, 15) is 18.3 Å². The second-order valence-electron chi connectivity index (χ2n) is 8.85. The molecule has 0 bridgehead atoms. The molecule has 3 aromatic rings. The molecule has 2 aliphatic heterocycles. The van der Waals surface area contributed by atoms with Crippen LogP contribution in [0.15, 0.2) is 53.4 Å². The van der Waals surface area contributed by atoms with Crippen LogP contribution in [0.5, 0.6) is 0 Å². The summed E-state index contributed by atoms with van der Waals surface area (Å²) < 4.78 is 32.7. The molecule has 1 N–H and O–H groups in total. The maximum Gasteiger partial charge on any atom is 0.356 e. The van der Waals surface area contributed by atoms with Gasteiger partial charge in [0.25, 0.3) is 0 Å². The zero-order valence-corrected chi connectivity index (χ0v) is 19.3. The molecule has 1 fully saturated rings. The Morgan fingerprint density at radius 2 is 1.73 bits per heavy atom. The Labute approximate surface area is 192 Å². The fourth-order valence-electron chi connectivity index (χ4n) is 4.74. The van der Waals surface area contributed by atoms with Crippen molar-refractivity contribution in [1.82, 2.24) is 14.7 Å². The van der Waals surface area contributed by atoms with Crippen LogP contribution in [-0.4, -0.2) is 60.5 Å². The van der Waals surface area contributed by atoms with Crippen molar-refractivity contribution in [3.05, 3.63) is 65.4 Å². The minimum Gasteiger partial charge on any atom is -0.476 e. The van der Waals surface area contributed by atoms with Crippen molar-refractivity contribution >= 4 is 15.8 Å². The SMILES string of the molecule is CC(C)(c1ccc(-n2nc(C(=O)O)c3c2-c2ccccc2S(=O)(=O)C3)cc1)N1CCOCC1. The van der Waals surface area contributed by atoms with Crippen molar-refractivity contribution in [2.24, 2.45) is 0 Å². The van der Waals surface area contributed by atoms with E-state index >= 15 is 0 Å². The fraction of sp³-hybridized carbons (Fsp3) is 0.333. The highest BCUT2D eigenvalue weighted by molar-refractivity contribution is 7.90. The van der Waals surface area contributed by atoms with Crippen LogP contribution in [0.4, 0.5) is 0 Å². The van der Waals surface area contributed by atoms with E-state index in [0.717, 1.165) is 18.7 Å². The minimum absolute atomic E-state index is 0.195. The van der Waals surface area contributed by atoms with Gasteiger partial charge in [0.15, 0.2) is 15.5 Å². The van der Waals surface area contributed by atoms with E-state index in [0.29, 0.717) is 30.2 Å². The second kappa shape index (κ2) is 7.79. The number of ether oxygens (including phenoxy) is 1. The van der Waals surface area contributed by atoms with Crippen LogP contribution >= 0.6 is 0 Å². The number of carboxylic acids is 1. The molecule has 0 amide bonds. The lowest BCUT2D eigenvalue weighted by Gasteiger charge is -2.41. The number of rotatable bonds is 4. The number of hydrogen-bond donors (Lipinski definition) is 1. The van der Waals surface area contributed by atoms with Crippen LogP contribution in [0, 0.1) is 0 Å². The first-order valence-corrected chi connectivity index (χ1v) is 12.5. The molecule has 1 aromatic heterocycles. The van der Waals surface area contributed by atoms with Crippen LogP contribution in [0.2, 0.25) is 0 Å². The lowest BCUT2D eigenvalue weighted by molar-refractivity contribution is -0.0118. The first kappa shape index (κ1) is 21.8. The Balaban J connectivity index is 1.61. The molecule has 172 valence electrons. The zero-order valence-electron chi connectivity index (χ0n) is 18.5. The molecular formula is C24H25N3O5S. The number of aromatic carboxylic acids is 1. The minimum atomic E-state index is -3.65. The Morgan fingerprint density at radius 3 is 2.39 bits per heavy atom. The number of sulfone groups is 1. The van der Waals surface area contributed by atoms with Crippen molar-refractivity contribution in [2.45, 2.75) is 30.0 Å². The standard InChI is InChI=1S/C24H25N3O5S/c1-24(2,26-11-13-32-14-12-26)16-7-9-17(10-8-16)27-22-18-5-3-4-6-20(18)33(30,31)15-19(22)21(25-27)23(28)29/h3-10H,11-15H2,1-2H3,(H,28,29). The number of fused-ring (bicyclic) bond motifs is 3. The summed E-state index contributed by atoms with van der Waals surface area (Å²) in [4.78, 5) is 14.5. The van der Waals surface area contributed by atoms with Crippen molar-refractivity contribution in [3.63, 3.8) is 0 Å². The van der Waals surface area contributed by atoms with Crippen molar-refractivity contribution in [2.75, 3.05) is 26.3 Å². The van der Waals surface area contributed by atoms with Crippen molar-refractivity contribution in [3.8, 4) is 16.9 Å². The average molecular weight is 468 g/mol. The Morgan fingerprint density at radius 1 is 1.06 bits per heavy atom. The molecule has 9 heteroatoms. The number of carboxylic acid groups (broad SMARTS) is 1. The summed E-state index contributed by atoms with van der Waals surface area (Å²) in [6, 6.07) is 14.5. The summed E-state index contributed by atoms with van der Waals surface area (Å²) in [6.07, 6.45) is 0. The van der Waals surface area contributed by atoms with Gasteiger partial charge in [0.2, 0.25) is 0 Å². The van der Waals surface area contributed by atoms with Gasteiger partial charge in [0.05, 0.1) is 35.2 Å². The molecule has 0 saturated carbocycles. The summed E-state index contributed by atoms with van der Waals surface area (Å²) in [5.74, 6) is -1.63. The van der Waals surface area contributed by atoms with Crippen LogP contribution in [0.25, 0.3) is 16.9 Å². The van der Waals surface area contributed by atoms with Crippen LogP contribution in [0.3, 0.4) is 0 Å². The molecule has 2 aromatic carbocycles. The van der Waals surface area contributed by atoms with Gasteiger partial charge in [0.1, 0.15) is 0 Å². The molecule has 3 heterocycles. The maximum atomic E-state index is 12.8. The third-order valence-corrected chi connectivity index (χ3v) is 8.31. The quantitative estimate of drug-likeness (QED) is 0.629. The molecule has 0 unspecified atom stereocenters. The van der Waals surface area contributed by atoms with Crippen LogP contribution in [-0.2, 0) is 25.9 Å². The van der Waals surface area contributed by atoms with Crippen molar-refractivity contribution in [1.29, 1.82) is 0 Å². The molecule has 0 spiro atoms. The first-order valence-electron chi connectivity index (χ1n) is 10.8. The van der Waals surface area contributed by atoms with Crippen LogP contribution in [0.1, 0.15) is 35.5 Å². The second-order valence-corrected chi connectivity index (χ2v) is 10.8. The number of benzene rings is 2. The average Bonchev–Trinajstić information content (AvgIpc) is 3.19. The largest absolute Gasteiger partial charge is 0.476 e. The van der Waals surface area contributed by atoms with Gasteiger partial charge in [-0.1, -0.05) is 30.3 Å². The summed E-state index contributed by atoms with van der Waals surface area (Å²) >= 11 is 0. The third-order valence-electron chi connectivity index (χ3n) is 6.62. The lowest BCUT2D eigenvalue weighted by Crippen LogP contribution is -2.47. The smallest absolute Gasteiger partial charge is 0.356 e. The summed E-state index contributed by atoms with van der Waals surface area (Å²) in [7, 11) is -3.65. The first-order chi connectivity index (χ1) is 15.7. The van der Waals surface area contributed by atoms with E-state index in [4.69, 9.17) is 4.74 Å². The molecule has 8 nitrogen and oxygen atoms in total.